The zero-order valence-electron chi connectivity index (χ0n) is 10.1. The Morgan fingerprint density at radius 3 is 2.76 bits per heavy atom. The first-order valence-corrected chi connectivity index (χ1v) is 5.86. The lowest BCUT2D eigenvalue weighted by Crippen LogP contribution is -2.02. The predicted molar refractivity (Wildman–Crippen MR) is 72.4 cm³/mol. The van der Waals surface area contributed by atoms with Crippen LogP contribution < -0.4 is 0 Å². The van der Waals surface area contributed by atoms with Crippen LogP contribution >= 0.6 is 0 Å². The minimum Gasteiger partial charge on any atom is -0.294 e. The Morgan fingerprint density at radius 1 is 1.24 bits per heavy atom. The monoisotopic (exact) mass is 224 g/mol. The highest BCUT2D eigenvalue weighted by Gasteiger charge is 2.11. The molecule has 0 heterocycles. The molecule has 2 aromatic carbocycles. The number of benzene rings is 2. The van der Waals surface area contributed by atoms with E-state index in [-0.39, 0.29) is 5.78 Å². The van der Waals surface area contributed by atoms with Gasteiger partial charge in [-0.05, 0) is 29.7 Å². The molecule has 2 aromatic rings. The predicted octanol–water partition coefficient (Wildman–Crippen LogP) is 4.30. The van der Waals surface area contributed by atoms with Crippen LogP contribution in [-0.2, 0) is 0 Å². The lowest BCUT2D eigenvalue weighted by molar-refractivity contribution is 0.0985. The molecule has 0 aliphatic carbocycles. The van der Waals surface area contributed by atoms with Crippen LogP contribution in [0, 0.1) is 6.92 Å². The first-order chi connectivity index (χ1) is 8.24. The lowest BCUT2D eigenvalue weighted by Gasteiger charge is -2.08. The fourth-order valence-electron chi connectivity index (χ4n) is 2.11. The molecule has 17 heavy (non-hydrogen) atoms. The van der Waals surface area contributed by atoms with Crippen LogP contribution in [0.1, 0.15) is 28.8 Å². The van der Waals surface area contributed by atoms with Gasteiger partial charge in [0.25, 0.3) is 0 Å². The van der Waals surface area contributed by atoms with Crippen molar-refractivity contribution in [3.05, 3.63) is 60.2 Å². The average molecular weight is 224 g/mol. The molecule has 0 radical (unpaired) electrons. The third-order valence-corrected chi connectivity index (χ3v) is 2.99. The summed E-state index contributed by atoms with van der Waals surface area (Å²) in [6, 6.07) is 12.1. The largest absolute Gasteiger partial charge is 0.294 e. The second-order valence-corrected chi connectivity index (χ2v) is 4.23. The van der Waals surface area contributed by atoms with Gasteiger partial charge < -0.3 is 0 Å². The van der Waals surface area contributed by atoms with Crippen molar-refractivity contribution in [2.45, 2.75) is 19.8 Å². The van der Waals surface area contributed by atoms with E-state index >= 15 is 0 Å². The van der Waals surface area contributed by atoms with Crippen LogP contribution in [-0.4, -0.2) is 5.78 Å². The van der Waals surface area contributed by atoms with E-state index < -0.39 is 0 Å². The number of carbonyl (C=O) groups excluding carboxylic acids is 1. The highest BCUT2D eigenvalue weighted by Crippen LogP contribution is 2.23. The van der Waals surface area contributed by atoms with Crippen molar-refractivity contribution < 1.29 is 4.79 Å². The number of fused-ring (bicyclic) bond motifs is 1. The molecule has 0 fully saturated rings. The molecule has 0 amide bonds. The molecule has 2 rings (SSSR count). The normalized spacial score (nSPS) is 10.4. The smallest absolute Gasteiger partial charge is 0.164 e. The first-order valence-electron chi connectivity index (χ1n) is 5.86. The van der Waals surface area contributed by atoms with Crippen LogP contribution in [0.4, 0.5) is 0 Å². The minimum atomic E-state index is 0.208. The summed E-state index contributed by atoms with van der Waals surface area (Å²) < 4.78 is 0. The van der Waals surface area contributed by atoms with Gasteiger partial charge in [-0.1, -0.05) is 42.5 Å². The van der Waals surface area contributed by atoms with Crippen molar-refractivity contribution in [3.8, 4) is 0 Å². The first kappa shape index (κ1) is 11.6. The second kappa shape index (κ2) is 4.96. The maximum Gasteiger partial charge on any atom is 0.164 e. The Bertz CT molecular complexity index is 567. The number of hydrogen-bond donors (Lipinski definition) is 0. The summed E-state index contributed by atoms with van der Waals surface area (Å²) in [5.41, 5.74) is 1.92. The Balaban J connectivity index is 2.54. The fraction of sp³-hybridized carbons (Fsp3) is 0.188. The van der Waals surface area contributed by atoms with E-state index in [1.165, 1.54) is 0 Å². The van der Waals surface area contributed by atoms with Gasteiger partial charge in [0.2, 0.25) is 0 Å². The summed E-state index contributed by atoms with van der Waals surface area (Å²) in [6.45, 7) is 5.65. The number of allylic oxidation sites excluding steroid dienone is 1. The molecule has 86 valence electrons. The van der Waals surface area contributed by atoms with Crippen molar-refractivity contribution >= 4 is 16.6 Å². The summed E-state index contributed by atoms with van der Waals surface area (Å²) in [6.07, 6.45) is 3.07. The van der Waals surface area contributed by atoms with Crippen molar-refractivity contribution in [1.82, 2.24) is 0 Å². The van der Waals surface area contributed by atoms with Gasteiger partial charge in [-0.25, -0.2) is 0 Å². The highest BCUT2D eigenvalue weighted by atomic mass is 16.1. The minimum absolute atomic E-state index is 0.208. The highest BCUT2D eigenvalue weighted by molar-refractivity contribution is 6.09. The summed E-state index contributed by atoms with van der Waals surface area (Å²) in [4.78, 5) is 12.2. The van der Waals surface area contributed by atoms with Crippen molar-refractivity contribution in [2.75, 3.05) is 0 Å². The third-order valence-electron chi connectivity index (χ3n) is 2.99. The van der Waals surface area contributed by atoms with E-state index in [1.54, 1.807) is 6.08 Å². The van der Waals surface area contributed by atoms with Crippen LogP contribution in [0.2, 0.25) is 0 Å². The molecular formula is C16H16O. The van der Waals surface area contributed by atoms with E-state index in [1.807, 2.05) is 37.3 Å². The summed E-state index contributed by atoms with van der Waals surface area (Å²) in [7, 11) is 0. The quantitative estimate of drug-likeness (QED) is 0.559. The van der Waals surface area contributed by atoms with Gasteiger partial charge in [-0.2, -0.15) is 0 Å². The molecule has 0 saturated carbocycles. The van der Waals surface area contributed by atoms with Gasteiger partial charge in [0.15, 0.2) is 5.78 Å². The van der Waals surface area contributed by atoms with Crippen LogP contribution in [0.15, 0.2) is 49.1 Å². The van der Waals surface area contributed by atoms with E-state index in [0.29, 0.717) is 6.42 Å². The lowest BCUT2D eigenvalue weighted by atomic mass is 9.95. The van der Waals surface area contributed by atoms with Crippen molar-refractivity contribution in [3.63, 3.8) is 0 Å². The second-order valence-electron chi connectivity index (χ2n) is 4.23. The molecule has 0 atom stereocenters. The molecular weight excluding hydrogens is 208 g/mol. The zero-order valence-corrected chi connectivity index (χ0v) is 10.1. The molecule has 0 bridgehead atoms. The molecule has 1 heteroatoms. The van der Waals surface area contributed by atoms with E-state index in [4.69, 9.17) is 0 Å². The Kier molecular flexibility index (Phi) is 3.38. The topological polar surface area (TPSA) is 17.1 Å². The van der Waals surface area contributed by atoms with Gasteiger partial charge in [-0.3, -0.25) is 4.79 Å². The number of carbonyl (C=O) groups is 1. The Hall–Kier alpha value is -1.89. The summed E-state index contributed by atoms with van der Waals surface area (Å²) in [5, 5.41) is 2.18. The third kappa shape index (κ3) is 2.28. The Labute approximate surface area is 102 Å². The molecule has 0 aromatic heterocycles. The van der Waals surface area contributed by atoms with Gasteiger partial charge in [0.05, 0.1) is 0 Å². The number of rotatable bonds is 4. The summed E-state index contributed by atoms with van der Waals surface area (Å²) >= 11 is 0. The standard InChI is InChI=1S/C16H16O/c1-3-4-9-15(17)16-12(2)10-11-13-7-5-6-8-14(13)16/h3,5-8,10-11H,1,4,9H2,2H3. The van der Waals surface area contributed by atoms with E-state index in [9.17, 15) is 4.79 Å². The number of hydrogen-bond acceptors (Lipinski definition) is 1. The van der Waals surface area contributed by atoms with Crippen LogP contribution in [0.5, 0.6) is 0 Å². The van der Waals surface area contributed by atoms with Crippen molar-refractivity contribution in [2.24, 2.45) is 0 Å². The molecule has 0 aliphatic heterocycles. The number of ketones is 1. The van der Waals surface area contributed by atoms with Gasteiger partial charge in [0, 0.05) is 12.0 Å². The average Bonchev–Trinajstić information content (AvgIpc) is 2.35. The Morgan fingerprint density at radius 2 is 2.00 bits per heavy atom. The van der Waals surface area contributed by atoms with E-state index in [0.717, 1.165) is 28.3 Å². The number of Topliss-reactive ketones (excluding diaryl/α,β-unsaturated/α-hetero) is 1. The van der Waals surface area contributed by atoms with Gasteiger partial charge >= 0.3 is 0 Å². The van der Waals surface area contributed by atoms with Crippen LogP contribution in [0.25, 0.3) is 10.8 Å². The van der Waals surface area contributed by atoms with Gasteiger partial charge in [-0.15, -0.1) is 6.58 Å². The van der Waals surface area contributed by atoms with Crippen LogP contribution in [0.3, 0.4) is 0 Å². The maximum absolute atomic E-state index is 12.2. The molecule has 0 saturated heterocycles. The fourth-order valence-corrected chi connectivity index (χ4v) is 2.11. The molecule has 0 unspecified atom stereocenters. The zero-order chi connectivity index (χ0) is 12.3. The summed E-state index contributed by atoms with van der Waals surface area (Å²) in [5.74, 6) is 0.208. The van der Waals surface area contributed by atoms with Crippen molar-refractivity contribution in [1.29, 1.82) is 0 Å². The van der Waals surface area contributed by atoms with E-state index in [2.05, 4.69) is 12.6 Å². The van der Waals surface area contributed by atoms with Gasteiger partial charge in [0.1, 0.15) is 0 Å². The molecule has 0 spiro atoms. The molecule has 1 nitrogen and oxygen atoms in total. The maximum atomic E-state index is 12.2. The molecule has 0 aliphatic rings. The number of aryl methyl sites for hydroxylation is 1. The molecule has 0 N–H and O–H groups in total. The SMILES string of the molecule is C=CCCC(=O)c1c(C)ccc2ccccc12.